The van der Waals surface area contributed by atoms with Gasteiger partial charge in [-0.05, 0) is 18.2 Å². The van der Waals surface area contributed by atoms with Crippen LogP contribution >= 0.6 is 11.6 Å². The van der Waals surface area contributed by atoms with Crippen LogP contribution in [0.15, 0.2) is 50.5 Å². The molecule has 0 atom stereocenters. The summed E-state index contributed by atoms with van der Waals surface area (Å²) in [7, 11) is 0. The molecule has 4 aromatic rings. The molecule has 0 saturated carbocycles. The Morgan fingerprint density at radius 1 is 1.14 bits per heavy atom. The van der Waals surface area contributed by atoms with Crippen molar-refractivity contribution >= 4 is 22.5 Å². The van der Waals surface area contributed by atoms with Crippen LogP contribution in [0, 0.1) is 0 Å². The molecule has 1 aliphatic heterocycles. The number of nitrogens with one attached hydrogen (secondary N) is 1. The van der Waals surface area contributed by atoms with Crippen LogP contribution in [0.5, 0.6) is 11.5 Å². The molecule has 2 aromatic heterocycles. The van der Waals surface area contributed by atoms with Crippen LogP contribution in [-0.4, -0.2) is 26.5 Å². The average Bonchev–Trinajstić information content (AvgIpc) is 3.33. The van der Waals surface area contributed by atoms with Gasteiger partial charge in [-0.15, -0.1) is 0 Å². The molecule has 2 aromatic carbocycles. The zero-order valence-electron chi connectivity index (χ0n) is 14.1. The van der Waals surface area contributed by atoms with Crippen molar-refractivity contribution in [3.63, 3.8) is 0 Å². The molecule has 0 aliphatic carbocycles. The van der Waals surface area contributed by atoms with E-state index >= 15 is 0 Å². The lowest BCUT2D eigenvalue weighted by atomic mass is 10.2. The highest BCUT2D eigenvalue weighted by atomic mass is 35.5. The number of aromatic amines is 1. The molecule has 9 nitrogen and oxygen atoms in total. The summed E-state index contributed by atoms with van der Waals surface area (Å²) < 4.78 is 16.7. The highest BCUT2D eigenvalue weighted by Crippen LogP contribution is 2.34. The van der Waals surface area contributed by atoms with Crippen molar-refractivity contribution in [1.29, 1.82) is 0 Å². The number of nitrogens with zero attached hydrogens (tertiary/aromatic N) is 3. The van der Waals surface area contributed by atoms with E-state index in [1.807, 2.05) is 0 Å². The Morgan fingerprint density at radius 2 is 1.93 bits per heavy atom. The number of aromatic nitrogens is 4. The van der Waals surface area contributed by atoms with Gasteiger partial charge in [0.15, 0.2) is 11.5 Å². The first kappa shape index (κ1) is 16.6. The lowest BCUT2D eigenvalue weighted by Gasteiger charge is -2.05. The van der Waals surface area contributed by atoms with E-state index in [9.17, 15) is 9.59 Å². The molecule has 0 spiro atoms. The molecular weight excluding hydrogens is 388 g/mol. The van der Waals surface area contributed by atoms with E-state index < -0.39 is 11.2 Å². The zero-order valence-corrected chi connectivity index (χ0v) is 14.9. The van der Waals surface area contributed by atoms with Crippen LogP contribution < -0.4 is 20.7 Å². The lowest BCUT2D eigenvalue weighted by Crippen LogP contribution is -2.35. The van der Waals surface area contributed by atoms with Crippen molar-refractivity contribution in [2.24, 2.45) is 0 Å². The smallest absolute Gasteiger partial charge is 0.329 e. The maximum Gasteiger partial charge on any atom is 0.329 e. The van der Waals surface area contributed by atoms with Gasteiger partial charge in [0.2, 0.25) is 18.5 Å². The topological polar surface area (TPSA) is 112 Å². The summed E-state index contributed by atoms with van der Waals surface area (Å²) in [6.45, 7) is -0.118. The first-order valence-corrected chi connectivity index (χ1v) is 8.62. The molecule has 1 aliphatic rings. The lowest BCUT2D eigenvalue weighted by molar-refractivity contribution is 0.174. The third-order valence-electron chi connectivity index (χ3n) is 4.35. The average molecular weight is 399 g/mol. The summed E-state index contributed by atoms with van der Waals surface area (Å²) >= 11 is 6.14. The zero-order chi connectivity index (χ0) is 19.3. The van der Waals surface area contributed by atoms with Crippen molar-refractivity contribution < 1.29 is 14.0 Å². The molecule has 1 N–H and O–H groups in total. The third kappa shape index (κ3) is 2.64. The molecule has 0 bridgehead atoms. The summed E-state index contributed by atoms with van der Waals surface area (Å²) in [5.74, 6) is 1.29. The van der Waals surface area contributed by atoms with Gasteiger partial charge >= 0.3 is 5.69 Å². The van der Waals surface area contributed by atoms with Crippen LogP contribution in [0.4, 0.5) is 0 Å². The summed E-state index contributed by atoms with van der Waals surface area (Å²) in [6.07, 6.45) is 0. The third-order valence-corrected chi connectivity index (χ3v) is 4.68. The van der Waals surface area contributed by atoms with Gasteiger partial charge in [0.05, 0.1) is 15.9 Å². The Bertz CT molecular complexity index is 1340. The summed E-state index contributed by atoms with van der Waals surface area (Å²) in [5.41, 5.74) is -0.159. The molecule has 0 amide bonds. The van der Waals surface area contributed by atoms with E-state index in [-0.39, 0.29) is 30.4 Å². The van der Waals surface area contributed by atoms with Crippen molar-refractivity contribution in [1.82, 2.24) is 19.7 Å². The largest absolute Gasteiger partial charge is 0.454 e. The van der Waals surface area contributed by atoms with E-state index in [1.54, 1.807) is 30.3 Å². The van der Waals surface area contributed by atoms with E-state index in [2.05, 4.69) is 15.1 Å². The predicted molar refractivity (Wildman–Crippen MR) is 98.8 cm³/mol. The highest BCUT2D eigenvalue weighted by Gasteiger charge is 2.19. The SMILES string of the molecule is O=c1[nH]c2cc3c(cc2c(=O)n1Cc1nc(-c2ccccc2Cl)no1)OCO3. The van der Waals surface area contributed by atoms with Gasteiger partial charge in [-0.2, -0.15) is 4.98 Å². The second-order valence-corrected chi connectivity index (χ2v) is 6.47. The van der Waals surface area contributed by atoms with Crippen LogP contribution in [-0.2, 0) is 6.54 Å². The Balaban J connectivity index is 1.56. The Morgan fingerprint density at radius 3 is 2.75 bits per heavy atom. The minimum absolute atomic E-state index is 0.0664. The van der Waals surface area contributed by atoms with E-state index in [0.717, 1.165) is 4.57 Å². The second-order valence-electron chi connectivity index (χ2n) is 6.06. The van der Waals surface area contributed by atoms with Gasteiger partial charge in [0.1, 0.15) is 6.54 Å². The Kier molecular flexibility index (Phi) is 3.69. The minimum Gasteiger partial charge on any atom is -0.454 e. The Labute approximate surface area is 161 Å². The number of rotatable bonds is 3. The number of hydrogen-bond acceptors (Lipinski definition) is 7. The van der Waals surface area contributed by atoms with E-state index in [0.29, 0.717) is 27.6 Å². The second kappa shape index (κ2) is 6.24. The van der Waals surface area contributed by atoms with Crippen LogP contribution in [0.2, 0.25) is 5.02 Å². The van der Waals surface area contributed by atoms with Gasteiger partial charge in [0, 0.05) is 11.6 Å². The molecule has 10 heteroatoms. The molecule has 3 heterocycles. The van der Waals surface area contributed by atoms with Crippen molar-refractivity contribution in [2.45, 2.75) is 6.54 Å². The van der Waals surface area contributed by atoms with Crippen LogP contribution in [0.1, 0.15) is 5.89 Å². The first-order valence-electron chi connectivity index (χ1n) is 8.24. The fourth-order valence-corrected chi connectivity index (χ4v) is 3.21. The molecule has 5 rings (SSSR count). The molecule has 0 unspecified atom stereocenters. The summed E-state index contributed by atoms with van der Waals surface area (Å²) in [5, 5.41) is 4.63. The van der Waals surface area contributed by atoms with Gasteiger partial charge < -0.3 is 19.0 Å². The van der Waals surface area contributed by atoms with E-state index in [1.165, 1.54) is 6.07 Å². The Hall–Kier alpha value is -3.59. The number of hydrogen-bond donors (Lipinski definition) is 1. The molecule has 28 heavy (non-hydrogen) atoms. The molecule has 0 saturated heterocycles. The number of ether oxygens (including phenoxy) is 2. The molecule has 140 valence electrons. The fraction of sp³-hybridized carbons (Fsp3) is 0.111. The quantitative estimate of drug-likeness (QED) is 0.562. The maximum absolute atomic E-state index is 12.8. The van der Waals surface area contributed by atoms with Crippen molar-refractivity contribution in [2.75, 3.05) is 6.79 Å². The number of H-pyrrole nitrogens is 1. The van der Waals surface area contributed by atoms with E-state index in [4.69, 9.17) is 25.6 Å². The van der Waals surface area contributed by atoms with Crippen LogP contribution in [0.3, 0.4) is 0 Å². The minimum atomic E-state index is -0.603. The monoisotopic (exact) mass is 398 g/mol. The highest BCUT2D eigenvalue weighted by molar-refractivity contribution is 6.33. The fourth-order valence-electron chi connectivity index (χ4n) is 2.99. The predicted octanol–water partition coefficient (Wildman–Crippen LogP) is 2.17. The van der Waals surface area contributed by atoms with Crippen molar-refractivity contribution in [3.8, 4) is 22.9 Å². The van der Waals surface area contributed by atoms with Crippen LogP contribution in [0.25, 0.3) is 22.3 Å². The van der Waals surface area contributed by atoms with Gasteiger partial charge in [0.25, 0.3) is 5.56 Å². The normalized spacial score (nSPS) is 12.6. The summed E-state index contributed by atoms with van der Waals surface area (Å²) in [4.78, 5) is 32.1. The number of halogens is 1. The maximum atomic E-state index is 12.8. The number of benzene rings is 2. The van der Waals surface area contributed by atoms with Gasteiger partial charge in [-0.1, -0.05) is 28.9 Å². The van der Waals surface area contributed by atoms with Gasteiger partial charge in [-0.25, -0.2) is 4.79 Å². The molecule has 0 fully saturated rings. The van der Waals surface area contributed by atoms with Crippen molar-refractivity contribution in [3.05, 3.63) is 68.1 Å². The summed E-state index contributed by atoms with van der Waals surface area (Å²) in [6, 6.07) is 10.1. The molecule has 0 radical (unpaired) electrons. The number of fused-ring (bicyclic) bond motifs is 2. The standard InChI is InChI=1S/C18H11ClN4O5/c19-11-4-2-1-3-9(11)16-21-15(28-22-16)7-23-17(24)10-5-13-14(27-8-26-13)6-12(10)20-18(23)25/h1-6H,7-8H2,(H,20,25). The first-order chi connectivity index (χ1) is 13.6. The molecular formula is C18H11ClN4O5. The van der Waals surface area contributed by atoms with Gasteiger partial charge in [-0.3, -0.25) is 9.36 Å².